The highest BCUT2D eigenvalue weighted by Crippen LogP contribution is 2.28. The van der Waals surface area contributed by atoms with Crippen molar-refractivity contribution in [2.24, 2.45) is 5.92 Å². The minimum atomic E-state index is 0.815. The Morgan fingerprint density at radius 1 is 1.29 bits per heavy atom. The normalized spacial score (nSPS) is 17.5. The molecular formula is C14H25N3. The van der Waals surface area contributed by atoms with Gasteiger partial charge in [0.25, 0.3) is 0 Å². The van der Waals surface area contributed by atoms with Crippen molar-refractivity contribution in [1.29, 1.82) is 0 Å². The third kappa shape index (κ3) is 2.82. The molecule has 1 aromatic rings. The molecule has 0 aliphatic heterocycles. The fourth-order valence-corrected chi connectivity index (χ4v) is 2.96. The first-order valence-electron chi connectivity index (χ1n) is 7.03. The van der Waals surface area contributed by atoms with E-state index in [2.05, 4.69) is 23.4 Å². The minimum Gasteiger partial charge on any atom is -0.384 e. The predicted molar refractivity (Wildman–Crippen MR) is 71.9 cm³/mol. The van der Waals surface area contributed by atoms with Gasteiger partial charge in [0.05, 0.1) is 5.69 Å². The number of aryl methyl sites for hydroxylation is 1. The van der Waals surface area contributed by atoms with E-state index < -0.39 is 0 Å². The van der Waals surface area contributed by atoms with E-state index >= 15 is 0 Å². The van der Waals surface area contributed by atoms with E-state index in [4.69, 9.17) is 5.73 Å². The van der Waals surface area contributed by atoms with Gasteiger partial charge in [-0.2, -0.15) is 0 Å². The zero-order valence-corrected chi connectivity index (χ0v) is 11.2. The molecule has 1 heterocycles. The molecule has 0 amide bonds. The Labute approximate surface area is 104 Å². The molecule has 0 unspecified atom stereocenters. The summed E-state index contributed by atoms with van der Waals surface area (Å²) in [5.74, 6) is 2.81. The first-order chi connectivity index (χ1) is 8.22. The van der Waals surface area contributed by atoms with Crippen molar-refractivity contribution in [3.63, 3.8) is 0 Å². The molecule has 1 aromatic heterocycles. The summed E-state index contributed by atoms with van der Waals surface area (Å²) in [5.41, 5.74) is 7.35. The molecule has 1 aliphatic rings. The van der Waals surface area contributed by atoms with Gasteiger partial charge >= 0.3 is 0 Å². The zero-order valence-electron chi connectivity index (χ0n) is 11.2. The molecule has 1 saturated carbocycles. The number of nitrogens with two attached hydrogens (primary N) is 1. The molecule has 0 aromatic carbocycles. The van der Waals surface area contributed by atoms with Gasteiger partial charge in [0, 0.05) is 6.54 Å². The lowest BCUT2D eigenvalue weighted by molar-refractivity contribution is 0.355. The first kappa shape index (κ1) is 12.5. The van der Waals surface area contributed by atoms with Crippen molar-refractivity contribution >= 4 is 5.82 Å². The maximum Gasteiger partial charge on any atom is 0.126 e. The quantitative estimate of drug-likeness (QED) is 0.870. The number of anilines is 1. The number of rotatable bonds is 4. The topological polar surface area (TPSA) is 43.8 Å². The van der Waals surface area contributed by atoms with Crippen molar-refractivity contribution in [2.75, 3.05) is 5.73 Å². The molecular weight excluding hydrogens is 210 g/mol. The molecule has 3 nitrogen and oxygen atoms in total. The Balaban J connectivity index is 2.07. The van der Waals surface area contributed by atoms with E-state index in [1.807, 2.05) is 0 Å². The monoisotopic (exact) mass is 235 g/mol. The van der Waals surface area contributed by atoms with Crippen LogP contribution in [-0.4, -0.2) is 9.55 Å². The average Bonchev–Trinajstić information content (AvgIpc) is 2.59. The minimum absolute atomic E-state index is 0.815. The van der Waals surface area contributed by atoms with E-state index in [1.54, 1.807) is 0 Å². The van der Waals surface area contributed by atoms with Gasteiger partial charge in [-0.15, -0.1) is 0 Å². The van der Waals surface area contributed by atoms with Crippen LogP contribution >= 0.6 is 0 Å². The summed E-state index contributed by atoms with van der Waals surface area (Å²) in [6, 6.07) is 0. The molecule has 2 rings (SSSR count). The van der Waals surface area contributed by atoms with Crippen LogP contribution in [-0.2, 0) is 13.0 Å². The summed E-state index contributed by atoms with van der Waals surface area (Å²) in [4.78, 5) is 4.66. The average molecular weight is 235 g/mol. The zero-order chi connectivity index (χ0) is 12.3. The number of hydrogen-bond acceptors (Lipinski definition) is 2. The van der Waals surface area contributed by atoms with Gasteiger partial charge in [0.2, 0.25) is 0 Å². The molecule has 0 atom stereocenters. The number of nitrogens with zero attached hydrogens (tertiary/aromatic N) is 2. The molecule has 0 radical (unpaired) electrons. The van der Waals surface area contributed by atoms with Gasteiger partial charge in [-0.25, -0.2) is 4.98 Å². The number of nitrogen functional groups attached to an aromatic ring is 1. The van der Waals surface area contributed by atoms with E-state index in [9.17, 15) is 0 Å². The van der Waals surface area contributed by atoms with Gasteiger partial charge in [-0.1, -0.05) is 39.0 Å². The number of imidazole rings is 1. The molecule has 17 heavy (non-hydrogen) atoms. The highest BCUT2D eigenvalue weighted by Gasteiger charge is 2.18. The second-order valence-electron chi connectivity index (χ2n) is 5.35. The van der Waals surface area contributed by atoms with E-state index in [0.29, 0.717) is 0 Å². The fourth-order valence-electron chi connectivity index (χ4n) is 2.96. The molecule has 1 fully saturated rings. The van der Waals surface area contributed by atoms with Crippen LogP contribution in [0.5, 0.6) is 0 Å². The Morgan fingerprint density at radius 2 is 2.00 bits per heavy atom. The van der Waals surface area contributed by atoms with Crippen LogP contribution in [0.25, 0.3) is 0 Å². The summed E-state index contributed by atoms with van der Waals surface area (Å²) >= 11 is 0. The van der Waals surface area contributed by atoms with Crippen LogP contribution in [0.2, 0.25) is 0 Å². The summed E-state index contributed by atoms with van der Waals surface area (Å²) in [6.45, 7) is 5.24. The van der Waals surface area contributed by atoms with Crippen LogP contribution in [0, 0.1) is 12.8 Å². The summed E-state index contributed by atoms with van der Waals surface area (Å²) in [7, 11) is 0. The Kier molecular flexibility index (Phi) is 4.08. The van der Waals surface area contributed by atoms with Gasteiger partial charge < -0.3 is 10.3 Å². The lowest BCUT2D eigenvalue weighted by Gasteiger charge is -2.20. The van der Waals surface area contributed by atoms with Crippen LogP contribution in [0.1, 0.15) is 57.0 Å². The summed E-state index contributed by atoms with van der Waals surface area (Å²) in [6.07, 6.45) is 9.11. The van der Waals surface area contributed by atoms with Crippen molar-refractivity contribution in [3.05, 3.63) is 11.5 Å². The van der Waals surface area contributed by atoms with E-state index in [-0.39, 0.29) is 0 Å². The Hall–Kier alpha value is -0.990. The molecule has 0 bridgehead atoms. The number of aromatic nitrogens is 2. The third-order valence-electron chi connectivity index (χ3n) is 3.93. The van der Waals surface area contributed by atoms with Crippen molar-refractivity contribution in [1.82, 2.24) is 9.55 Å². The van der Waals surface area contributed by atoms with Crippen molar-refractivity contribution in [3.8, 4) is 0 Å². The van der Waals surface area contributed by atoms with Gasteiger partial charge in [0.1, 0.15) is 11.6 Å². The maximum absolute atomic E-state index is 6.21. The maximum atomic E-state index is 6.21. The van der Waals surface area contributed by atoms with Crippen molar-refractivity contribution < 1.29 is 0 Å². The SMILES string of the molecule is CCCn1c(C)nc(CC2CCCCC2)c1N. The van der Waals surface area contributed by atoms with Gasteiger partial charge in [-0.3, -0.25) is 0 Å². The fraction of sp³-hybridized carbons (Fsp3) is 0.786. The third-order valence-corrected chi connectivity index (χ3v) is 3.93. The predicted octanol–water partition coefficient (Wildman–Crippen LogP) is 3.31. The summed E-state index contributed by atoms with van der Waals surface area (Å²) in [5, 5.41) is 0. The summed E-state index contributed by atoms with van der Waals surface area (Å²) < 4.78 is 2.16. The lowest BCUT2D eigenvalue weighted by Crippen LogP contribution is -2.11. The molecule has 3 heteroatoms. The van der Waals surface area contributed by atoms with E-state index in [1.165, 1.54) is 32.1 Å². The molecule has 0 spiro atoms. The van der Waals surface area contributed by atoms with E-state index in [0.717, 1.165) is 42.6 Å². The standard InChI is InChI=1S/C14H25N3/c1-3-9-17-11(2)16-13(14(17)15)10-12-7-5-4-6-8-12/h12H,3-10,15H2,1-2H3. The number of hydrogen-bond donors (Lipinski definition) is 1. The van der Waals surface area contributed by atoms with Gasteiger partial charge in [0.15, 0.2) is 0 Å². The van der Waals surface area contributed by atoms with Crippen molar-refractivity contribution in [2.45, 2.75) is 65.3 Å². The first-order valence-corrected chi connectivity index (χ1v) is 7.03. The molecule has 96 valence electrons. The Morgan fingerprint density at radius 3 is 2.65 bits per heavy atom. The molecule has 2 N–H and O–H groups in total. The lowest BCUT2D eigenvalue weighted by atomic mass is 9.86. The second-order valence-corrected chi connectivity index (χ2v) is 5.35. The molecule has 1 aliphatic carbocycles. The van der Waals surface area contributed by atoms with Crippen LogP contribution in [0.3, 0.4) is 0 Å². The smallest absolute Gasteiger partial charge is 0.126 e. The van der Waals surface area contributed by atoms with Crippen LogP contribution in [0.15, 0.2) is 0 Å². The Bertz CT molecular complexity index is 362. The largest absolute Gasteiger partial charge is 0.384 e. The van der Waals surface area contributed by atoms with Crippen LogP contribution in [0.4, 0.5) is 5.82 Å². The highest BCUT2D eigenvalue weighted by atomic mass is 15.1. The second kappa shape index (κ2) is 5.56. The molecule has 0 saturated heterocycles. The van der Waals surface area contributed by atoms with Gasteiger partial charge in [-0.05, 0) is 25.7 Å². The highest BCUT2D eigenvalue weighted by molar-refractivity contribution is 5.38. The van der Waals surface area contributed by atoms with Crippen LogP contribution < -0.4 is 5.73 Å².